The maximum absolute atomic E-state index is 8.56. The van der Waals surface area contributed by atoms with Gasteiger partial charge in [-0.3, -0.25) is 9.88 Å². The van der Waals surface area contributed by atoms with Crippen LogP contribution in [0.15, 0.2) is 18.5 Å². The molecule has 0 unspecified atom stereocenters. The Morgan fingerprint density at radius 1 is 1.29 bits per heavy atom. The van der Waals surface area contributed by atoms with Crippen LogP contribution in [0.1, 0.15) is 12.0 Å². The first-order valence-corrected chi connectivity index (χ1v) is 6.05. The molecular formula is C13H18N4. The fraction of sp³-hybridized carbons (Fsp3) is 0.538. The Morgan fingerprint density at radius 2 is 2.06 bits per heavy atom. The van der Waals surface area contributed by atoms with Gasteiger partial charge in [0.15, 0.2) is 0 Å². The summed E-state index contributed by atoms with van der Waals surface area (Å²) in [5.41, 5.74) is 2.42. The molecule has 1 aliphatic rings. The first-order valence-electron chi connectivity index (χ1n) is 6.05. The standard InChI is InChI=1S/C13H18N4/c1-12-9-13(11-15-10-12)17-7-5-16(6-8-17)4-2-3-14/h9-11H,2,4-8H2,1H3. The minimum atomic E-state index is 0.631. The zero-order valence-corrected chi connectivity index (χ0v) is 10.3. The second-order valence-electron chi connectivity index (χ2n) is 4.46. The molecule has 0 atom stereocenters. The van der Waals surface area contributed by atoms with Crippen LogP contribution in [-0.4, -0.2) is 42.6 Å². The van der Waals surface area contributed by atoms with Gasteiger partial charge in [-0.05, 0) is 18.6 Å². The highest BCUT2D eigenvalue weighted by atomic mass is 15.3. The molecule has 4 heteroatoms. The summed E-state index contributed by atoms with van der Waals surface area (Å²) in [5, 5.41) is 8.56. The fourth-order valence-corrected chi connectivity index (χ4v) is 2.15. The quantitative estimate of drug-likeness (QED) is 0.787. The molecule has 0 amide bonds. The summed E-state index contributed by atoms with van der Waals surface area (Å²) in [5.74, 6) is 0. The Kier molecular flexibility index (Phi) is 3.94. The summed E-state index contributed by atoms with van der Waals surface area (Å²) >= 11 is 0. The van der Waals surface area contributed by atoms with Crippen molar-refractivity contribution in [3.05, 3.63) is 24.0 Å². The third-order valence-electron chi connectivity index (χ3n) is 3.14. The average molecular weight is 230 g/mol. The number of aromatic nitrogens is 1. The first kappa shape index (κ1) is 11.9. The molecule has 0 radical (unpaired) electrons. The third kappa shape index (κ3) is 3.18. The minimum absolute atomic E-state index is 0.631. The Morgan fingerprint density at radius 3 is 2.71 bits per heavy atom. The van der Waals surface area contributed by atoms with Gasteiger partial charge in [-0.15, -0.1) is 0 Å². The van der Waals surface area contributed by atoms with E-state index in [2.05, 4.69) is 33.8 Å². The summed E-state index contributed by atoms with van der Waals surface area (Å²) in [7, 11) is 0. The number of nitriles is 1. The lowest BCUT2D eigenvalue weighted by Crippen LogP contribution is -2.46. The van der Waals surface area contributed by atoms with Gasteiger partial charge in [-0.25, -0.2) is 0 Å². The van der Waals surface area contributed by atoms with Crippen molar-refractivity contribution in [1.29, 1.82) is 5.26 Å². The van der Waals surface area contributed by atoms with Crippen LogP contribution in [-0.2, 0) is 0 Å². The van der Waals surface area contributed by atoms with Crippen LogP contribution in [0.3, 0.4) is 0 Å². The molecule has 2 rings (SSSR count). The maximum Gasteiger partial charge on any atom is 0.0635 e. The van der Waals surface area contributed by atoms with E-state index in [1.165, 1.54) is 11.3 Å². The number of rotatable bonds is 3. The SMILES string of the molecule is Cc1cncc(N2CCN(CCC#N)CC2)c1. The molecule has 1 aromatic rings. The Balaban J connectivity index is 1.89. The normalized spacial score (nSPS) is 16.8. The number of anilines is 1. The lowest BCUT2D eigenvalue weighted by Gasteiger charge is -2.35. The van der Waals surface area contributed by atoms with Gasteiger partial charge in [0.05, 0.1) is 18.0 Å². The van der Waals surface area contributed by atoms with Gasteiger partial charge in [0.2, 0.25) is 0 Å². The second kappa shape index (κ2) is 5.65. The van der Waals surface area contributed by atoms with Gasteiger partial charge in [-0.1, -0.05) is 0 Å². The number of aryl methyl sites for hydroxylation is 1. The lowest BCUT2D eigenvalue weighted by atomic mass is 10.2. The van der Waals surface area contributed by atoms with Crippen LogP contribution in [0.25, 0.3) is 0 Å². The highest BCUT2D eigenvalue weighted by molar-refractivity contribution is 5.46. The van der Waals surface area contributed by atoms with Crippen molar-refractivity contribution < 1.29 is 0 Å². The van der Waals surface area contributed by atoms with Crippen LogP contribution >= 0.6 is 0 Å². The highest BCUT2D eigenvalue weighted by Crippen LogP contribution is 2.16. The number of hydrogen-bond donors (Lipinski definition) is 0. The summed E-state index contributed by atoms with van der Waals surface area (Å²) in [6, 6.07) is 4.38. The number of nitrogens with zero attached hydrogens (tertiary/aromatic N) is 4. The summed E-state index contributed by atoms with van der Waals surface area (Å²) in [6.07, 6.45) is 4.44. The van der Waals surface area contributed by atoms with E-state index >= 15 is 0 Å². The van der Waals surface area contributed by atoms with Crippen molar-refractivity contribution in [2.45, 2.75) is 13.3 Å². The predicted octanol–water partition coefficient (Wildman–Crippen LogP) is 1.43. The van der Waals surface area contributed by atoms with E-state index in [0.717, 1.165) is 32.7 Å². The summed E-state index contributed by atoms with van der Waals surface area (Å²) < 4.78 is 0. The smallest absolute Gasteiger partial charge is 0.0635 e. The van der Waals surface area contributed by atoms with Crippen molar-refractivity contribution in [2.75, 3.05) is 37.6 Å². The molecular weight excluding hydrogens is 212 g/mol. The lowest BCUT2D eigenvalue weighted by molar-refractivity contribution is 0.263. The van der Waals surface area contributed by atoms with Crippen LogP contribution < -0.4 is 4.90 Å². The highest BCUT2D eigenvalue weighted by Gasteiger charge is 2.16. The predicted molar refractivity (Wildman–Crippen MR) is 67.9 cm³/mol. The molecule has 2 heterocycles. The van der Waals surface area contributed by atoms with Crippen molar-refractivity contribution in [3.63, 3.8) is 0 Å². The van der Waals surface area contributed by atoms with Crippen LogP contribution in [0.2, 0.25) is 0 Å². The van der Waals surface area contributed by atoms with Crippen LogP contribution in [0.5, 0.6) is 0 Å². The summed E-state index contributed by atoms with van der Waals surface area (Å²) in [6.45, 7) is 7.09. The van der Waals surface area contributed by atoms with Gasteiger partial charge in [0.1, 0.15) is 0 Å². The maximum atomic E-state index is 8.56. The van der Waals surface area contributed by atoms with Gasteiger partial charge in [0, 0.05) is 45.3 Å². The molecule has 0 aliphatic carbocycles. The van der Waals surface area contributed by atoms with Crippen LogP contribution in [0, 0.1) is 18.3 Å². The molecule has 0 bridgehead atoms. The molecule has 1 aromatic heterocycles. The molecule has 0 spiro atoms. The Hall–Kier alpha value is -1.60. The molecule has 1 fully saturated rings. The zero-order valence-electron chi connectivity index (χ0n) is 10.3. The number of piperazine rings is 1. The molecule has 0 saturated carbocycles. The molecule has 0 N–H and O–H groups in total. The molecule has 17 heavy (non-hydrogen) atoms. The van der Waals surface area contributed by atoms with Crippen molar-refractivity contribution in [3.8, 4) is 6.07 Å². The third-order valence-corrected chi connectivity index (χ3v) is 3.14. The van der Waals surface area contributed by atoms with E-state index in [4.69, 9.17) is 5.26 Å². The van der Waals surface area contributed by atoms with Crippen molar-refractivity contribution >= 4 is 5.69 Å². The van der Waals surface area contributed by atoms with Gasteiger partial charge in [0.25, 0.3) is 0 Å². The van der Waals surface area contributed by atoms with Crippen molar-refractivity contribution in [2.24, 2.45) is 0 Å². The average Bonchev–Trinajstić information content (AvgIpc) is 2.37. The van der Waals surface area contributed by atoms with Crippen LogP contribution in [0.4, 0.5) is 5.69 Å². The van der Waals surface area contributed by atoms with Gasteiger partial charge >= 0.3 is 0 Å². The van der Waals surface area contributed by atoms with E-state index < -0.39 is 0 Å². The Bertz CT molecular complexity index is 402. The van der Waals surface area contributed by atoms with E-state index in [9.17, 15) is 0 Å². The molecule has 0 aromatic carbocycles. The van der Waals surface area contributed by atoms with Gasteiger partial charge in [-0.2, -0.15) is 5.26 Å². The van der Waals surface area contributed by atoms with E-state index in [-0.39, 0.29) is 0 Å². The summed E-state index contributed by atoms with van der Waals surface area (Å²) in [4.78, 5) is 8.94. The molecule has 1 saturated heterocycles. The molecule has 1 aliphatic heterocycles. The second-order valence-corrected chi connectivity index (χ2v) is 4.46. The molecule has 90 valence electrons. The largest absolute Gasteiger partial charge is 0.368 e. The number of hydrogen-bond acceptors (Lipinski definition) is 4. The Labute approximate surface area is 102 Å². The molecule has 4 nitrogen and oxygen atoms in total. The minimum Gasteiger partial charge on any atom is -0.368 e. The monoisotopic (exact) mass is 230 g/mol. The topological polar surface area (TPSA) is 43.2 Å². The van der Waals surface area contributed by atoms with E-state index in [1.54, 1.807) is 0 Å². The van der Waals surface area contributed by atoms with Crippen molar-refractivity contribution in [1.82, 2.24) is 9.88 Å². The van der Waals surface area contributed by atoms with Gasteiger partial charge < -0.3 is 4.90 Å². The fourth-order valence-electron chi connectivity index (χ4n) is 2.15. The van der Waals surface area contributed by atoms with E-state index in [1.807, 2.05) is 12.4 Å². The zero-order chi connectivity index (χ0) is 12.1. The number of pyridine rings is 1. The van der Waals surface area contributed by atoms with E-state index in [0.29, 0.717) is 6.42 Å². The first-order chi connectivity index (χ1) is 8.29.